The molecule has 0 aliphatic carbocycles. The van der Waals surface area contributed by atoms with Crippen molar-refractivity contribution in [2.45, 2.75) is 32.7 Å². The average Bonchev–Trinajstić information content (AvgIpc) is 3.31. The monoisotopic (exact) mass is 549 g/mol. The van der Waals surface area contributed by atoms with Crippen molar-refractivity contribution in [2.24, 2.45) is 4.99 Å². The van der Waals surface area contributed by atoms with Gasteiger partial charge in [-0.15, -0.1) is 35.3 Å². The van der Waals surface area contributed by atoms with Crippen LogP contribution in [0.2, 0.25) is 5.02 Å². The largest absolute Gasteiger partial charge is 0.495 e. The van der Waals surface area contributed by atoms with Gasteiger partial charge in [-0.1, -0.05) is 11.6 Å². The van der Waals surface area contributed by atoms with E-state index >= 15 is 0 Å². The number of aryl methyl sites for hydroxylation is 1. The summed E-state index contributed by atoms with van der Waals surface area (Å²) in [6.45, 7) is 7.50. The smallest absolute Gasteiger partial charge is 0.191 e. The van der Waals surface area contributed by atoms with E-state index < -0.39 is 0 Å². The highest BCUT2D eigenvalue weighted by atomic mass is 127. The number of guanidine groups is 1. The highest BCUT2D eigenvalue weighted by Gasteiger charge is 2.25. The fourth-order valence-electron chi connectivity index (χ4n) is 3.33. The summed E-state index contributed by atoms with van der Waals surface area (Å²) in [7, 11) is 1.69. The summed E-state index contributed by atoms with van der Waals surface area (Å²) in [5.74, 6) is 1.71. The van der Waals surface area contributed by atoms with Crippen LogP contribution in [-0.4, -0.2) is 50.3 Å². The molecule has 9 heteroatoms. The van der Waals surface area contributed by atoms with E-state index in [2.05, 4.69) is 32.8 Å². The third-order valence-corrected chi connectivity index (χ3v) is 5.72. The van der Waals surface area contributed by atoms with Crippen molar-refractivity contribution in [3.8, 4) is 5.75 Å². The number of aromatic nitrogens is 1. The van der Waals surface area contributed by atoms with Gasteiger partial charge >= 0.3 is 0 Å². The van der Waals surface area contributed by atoms with Crippen molar-refractivity contribution >= 4 is 58.6 Å². The lowest BCUT2D eigenvalue weighted by atomic mass is 10.2. The molecule has 2 N–H and O–H groups in total. The van der Waals surface area contributed by atoms with E-state index in [1.54, 1.807) is 18.4 Å². The minimum absolute atomic E-state index is 0. The SMILES string of the molecule is CCNC(=NCCc1csc(C)n1)NC1CCN(c2cc(Cl)ccc2OC)C1.I. The number of nitrogens with one attached hydrogen (secondary N) is 2. The first-order chi connectivity index (χ1) is 13.6. The Morgan fingerprint density at radius 3 is 2.97 bits per heavy atom. The first kappa shape index (κ1) is 24.0. The van der Waals surface area contributed by atoms with E-state index in [-0.39, 0.29) is 24.0 Å². The van der Waals surface area contributed by atoms with Crippen LogP contribution in [0.4, 0.5) is 5.69 Å². The summed E-state index contributed by atoms with van der Waals surface area (Å²) < 4.78 is 5.50. The van der Waals surface area contributed by atoms with E-state index in [0.717, 1.165) is 72.1 Å². The zero-order chi connectivity index (χ0) is 19.9. The van der Waals surface area contributed by atoms with Crippen LogP contribution in [0.25, 0.3) is 0 Å². The van der Waals surface area contributed by atoms with Crippen molar-refractivity contribution in [3.63, 3.8) is 0 Å². The number of aliphatic imine (C=N–C) groups is 1. The number of ether oxygens (including phenoxy) is 1. The first-order valence-electron chi connectivity index (χ1n) is 9.63. The summed E-state index contributed by atoms with van der Waals surface area (Å²) >= 11 is 7.88. The molecule has 1 aliphatic rings. The zero-order valence-electron chi connectivity index (χ0n) is 17.1. The number of anilines is 1. The van der Waals surface area contributed by atoms with Gasteiger partial charge in [0.25, 0.3) is 0 Å². The van der Waals surface area contributed by atoms with Crippen LogP contribution in [0, 0.1) is 6.92 Å². The van der Waals surface area contributed by atoms with Crippen LogP contribution in [-0.2, 0) is 6.42 Å². The summed E-state index contributed by atoms with van der Waals surface area (Å²) in [4.78, 5) is 11.5. The van der Waals surface area contributed by atoms with E-state index in [0.29, 0.717) is 6.04 Å². The van der Waals surface area contributed by atoms with Gasteiger partial charge in [0.05, 0.1) is 23.5 Å². The molecule has 1 saturated heterocycles. The summed E-state index contributed by atoms with van der Waals surface area (Å²) in [6, 6.07) is 6.07. The highest BCUT2D eigenvalue weighted by molar-refractivity contribution is 14.0. The van der Waals surface area contributed by atoms with Gasteiger partial charge in [0, 0.05) is 49.0 Å². The lowest BCUT2D eigenvalue weighted by molar-refractivity contribution is 0.415. The van der Waals surface area contributed by atoms with Crippen LogP contribution in [0.1, 0.15) is 24.0 Å². The Labute approximate surface area is 199 Å². The van der Waals surface area contributed by atoms with Crippen molar-refractivity contribution in [1.82, 2.24) is 15.6 Å². The quantitative estimate of drug-likeness (QED) is 0.309. The number of nitrogens with zero attached hydrogens (tertiary/aromatic N) is 3. The maximum absolute atomic E-state index is 6.19. The Kier molecular flexibility index (Phi) is 9.78. The Balaban J connectivity index is 0.00000300. The Morgan fingerprint density at radius 2 is 2.28 bits per heavy atom. The predicted octanol–water partition coefficient (Wildman–Crippen LogP) is 4.11. The number of benzene rings is 1. The third-order valence-electron chi connectivity index (χ3n) is 4.66. The molecular formula is C20H29ClIN5OS. The van der Waals surface area contributed by atoms with E-state index in [1.165, 1.54) is 0 Å². The Morgan fingerprint density at radius 1 is 1.45 bits per heavy atom. The lowest BCUT2D eigenvalue weighted by Gasteiger charge is -2.22. The normalized spacial score (nSPS) is 16.5. The molecule has 0 bridgehead atoms. The topological polar surface area (TPSA) is 61.8 Å². The second-order valence-electron chi connectivity index (χ2n) is 6.76. The summed E-state index contributed by atoms with van der Waals surface area (Å²) in [5, 5.41) is 10.8. The Hall–Kier alpha value is -1.26. The molecule has 2 heterocycles. The number of hydrogen-bond acceptors (Lipinski definition) is 5. The van der Waals surface area contributed by atoms with Gasteiger partial charge < -0.3 is 20.3 Å². The lowest BCUT2D eigenvalue weighted by Crippen LogP contribution is -2.44. The number of halogens is 2. The van der Waals surface area contributed by atoms with E-state index in [4.69, 9.17) is 21.3 Å². The Bertz CT molecular complexity index is 816. The van der Waals surface area contributed by atoms with Crippen molar-refractivity contribution in [2.75, 3.05) is 38.2 Å². The molecule has 0 amide bonds. The number of hydrogen-bond donors (Lipinski definition) is 2. The molecule has 0 saturated carbocycles. The highest BCUT2D eigenvalue weighted by Crippen LogP contribution is 2.33. The molecule has 1 aromatic heterocycles. The van der Waals surface area contributed by atoms with Crippen LogP contribution >= 0.6 is 46.9 Å². The molecule has 2 aromatic rings. The molecule has 0 spiro atoms. The molecule has 6 nitrogen and oxygen atoms in total. The standard InChI is InChI=1S/C20H28ClN5OS.HI/c1-4-22-20(23-9-7-17-13-28-14(2)24-17)25-16-8-10-26(12-16)18-11-15(21)5-6-19(18)27-3;/h5-6,11,13,16H,4,7-10,12H2,1-3H3,(H2,22,23,25);1H. The minimum Gasteiger partial charge on any atom is -0.495 e. The molecular weight excluding hydrogens is 521 g/mol. The average molecular weight is 550 g/mol. The van der Waals surface area contributed by atoms with Crippen LogP contribution in [0.15, 0.2) is 28.6 Å². The van der Waals surface area contributed by atoms with Crippen LogP contribution in [0.5, 0.6) is 5.75 Å². The van der Waals surface area contributed by atoms with Crippen LogP contribution < -0.4 is 20.3 Å². The molecule has 160 valence electrons. The van der Waals surface area contributed by atoms with Gasteiger partial charge in [0.2, 0.25) is 0 Å². The number of methoxy groups -OCH3 is 1. The fourth-order valence-corrected chi connectivity index (χ4v) is 4.14. The molecule has 1 fully saturated rings. The van der Waals surface area contributed by atoms with Crippen molar-refractivity contribution in [3.05, 3.63) is 39.3 Å². The maximum atomic E-state index is 6.19. The van der Waals surface area contributed by atoms with Gasteiger partial charge in [0.15, 0.2) is 5.96 Å². The second-order valence-corrected chi connectivity index (χ2v) is 8.26. The number of rotatable bonds is 7. The van der Waals surface area contributed by atoms with E-state index in [1.807, 2.05) is 25.1 Å². The maximum Gasteiger partial charge on any atom is 0.191 e. The summed E-state index contributed by atoms with van der Waals surface area (Å²) in [5.41, 5.74) is 2.15. The van der Waals surface area contributed by atoms with E-state index in [9.17, 15) is 0 Å². The van der Waals surface area contributed by atoms with Crippen molar-refractivity contribution in [1.29, 1.82) is 0 Å². The predicted molar refractivity (Wildman–Crippen MR) is 134 cm³/mol. The van der Waals surface area contributed by atoms with Crippen LogP contribution in [0.3, 0.4) is 0 Å². The first-order valence-corrected chi connectivity index (χ1v) is 10.9. The van der Waals surface area contributed by atoms with Gasteiger partial charge in [-0.05, 0) is 38.5 Å². The minimum atomic E-state index is 0. The van der Waals surface area contributed by atoms with Gasteiger partial charge in [-0.25, -0.2) is 4.98 Å². The molecule has 29 heavy (non-hydrogen) atoms. The molecule has 0 radical (unpaired) electrons. The third kappa shape index (κ3) is 6.89. The molecule has 3 rings (SSSR count). The van der Waals surface area contributed by atoms with Crippen molar-refractivity contribution < 1.29 is 4.74 Å². The molecule has 1 atom stereocenters. The van der Waals surface area contributed by atoms with Gasteiger partial charge in [0.1, 0.15) is 5.75 Å². The zero-order valence-corrected chi connectivity index (χ0v) is 21.0. The van der Waals surface area contributed by atoms with Gasteiger partial charge in [-0.2, -0.15) is 0 Å². The molecule has 1 aromatic carbocycles. The molecule has 1 unspecified atom stereocenters. The fraction of sp³-hybridized carbons (Fsp3) is 0.500. The second kappa shape index (κ2) is 11.8. The summed E-state index contributed by atoms with van der Waals surface area (Å²) in [6.07, 6.45) is 1.89. The molecule has 1 aliphatic heterocycles. The number of thiazole rings is 1. The van der Waals surface area contributed by atoms with Gasteiger partial charge in [-0.3, -0.25) is 4.99 Å².